The molecule has 5 aromatic rings. The van der Waals surface area contributed by atoms with Gasteiger partial charge in [0.1, 0.15) is 5.82 Å². The van der Waals surface area contributed by atoms with Crippen LogP contribution < -0.4 is 11.4 Å². The van der Waals surface area contributed by atoms with Gasteiger partial charge in [0.05, 0.1) is 40.7 Å². The number of nitrogen functional groups attached to an aromatic ring is 1. The molecule has 5 rings (SSSR count). The molecule has 0 atom stereocenters. The van der Waals surface area contributed by atoms with Crippen LogP contribution in [0, 0.1) is 12.9 Å². The quantitative estimate of drug-likeness (QED) is 0.426. The number of nitrogens with two attached hydrogens (primary N) is 1. The fourth-order valence-electron chi connectivity index (χ4n) is 3.97. The highest BCUT2D eigenvalue weighted by Gasteiger charge is 2.18. The molecule has 9 heteroatoms. The Morgan fingerprint density at radius 2 is 1.91 bits per heavy atom. The minimum absolute atomic E-state index is 0.221. The number of aromatic nitrogens is 5. The minimum Gasteiger partial charge on any atom is -0.392 e. The molecule has 0 amide bonds. The third kappa shape index (κ3) is 2.94. The second-order valence-electron chi connectivity index (χ2n) is 7.57. The van der Waals surface area contributed by atoms with Crippen LogP contribution in [0.3, 0.4) is 0 Å². The van der Waals surface area contributed by atoms with Crippen LogP contribution in [0.1, 0.15) is 11.3 Å². The molecule has 8 nitrogen and oxygen atoms in total. The highest BCUT2D eigenvalue weighted by atomic mass is 19.1. The van der Waals surface area contributed by atoms with Gasteiger partial charge < -0.3 is 10.8 Å². The standard InChI is InChI=1S/C23H19FN6O2/c1-12-18(5-6-20(24)28-12)30-21-16-8-13(14-7-15(11-31)22(25)27-9-14)3-4-17(16)26-10-19(21)29(2)23(30)32/h3-10,31H,11H2,1-2H3,(H2,25,27). The second kappa shape index (κ2) is 7.24. The van der Waals surface area contributed by atoms with Crippen LogP contribution in [-0.4, -0.2) is 29.2 Å². The number of hydrogen-bond acceptors (Lipinski definition) is 6. The van der Waals surface area contributed by atoms with Gasteiger partial charge in [-0.2, -0.15) is 4.39 Å². The first-order chi connectivity index (χ1) is 15.4. The second-order valence-corrected chi connectivity index (χ2v) is 7.57. The summed E-state index contributed by atoms with van der Waals surface area (Å²) >= 11 is 0. The number of hydrogen-bond donors (Lipinski definition) is 2. The molecule has 0 unspecified atom stereocenters. The Kier molecular flexibility index (Phi) is 4.49. The Labute approximate surface area is 181 Å². The lowest BCUT2D eigenvalue weighted by Gasteiger charge is -2.10. The van der Waals surface area contributed by atoms with Crippen molar-refractivity contribution in [2.75, 3.05) is 5.73 Å². The van der Waals surface area contributed by atoms with E-state index in [0.717, 1.165) is 16.5 Å². The maximum Gasteiger partial charge on any atom is 0.333 e. The lowest BCUT2D eigenvalue weighted by atomic mass is 10.0. The predicted octanol–water partition coefficient (Wildman–Crippen LogP) is 2.86. The average Bonchev–Trinajstić information content (AvgIpc) is 3.04. The van der Waals surface area contributed by atoms with Crippen LogP contribution in [-0.2, 0) is 13.7 Å². The normalized spacial score (nSPS) is 11.5. The molecule has 4 heterocycles. The molecular weight excluding hydrogens is 411 g/mol. The number of aryl methyl sites for hydroxylation is 2. The van der Waals surface area contributed by atoms with Crippen LogP contribution >= 0.6 is 0 Å². The zero-order valence-electron chi connectivity index (χ0n) is 17.4. The van der Waals surface area contributed by atoms with Crippen molar-refractivity contribution in [3.05, 3.63) is 76.5 Å². The topological polar surface area (TPSA) is 112 Å². The third-order valence-electron chi connectivity index (χ3n) is 5.65. The predicted molar refractivity (Wildman–Crippen MR) is 120 cm³/mol. The van der Waals surface area contributed by atoms with E-state index in [9.17, 15) is 14.3 Å². The van der Waals surface area contributed by atoms with Crippen LogP contribution in [0.2, 0.25) is 0 Å². The molecule has 0 aliphatic heterocycles. The molecule has 0 radical (unpaired) electrons. The van der Waals surface area contributed by atoms with Gasteiger partial charge in [-0.1, -0.05) is 6.07 Å². The molecule has 0 fully saturated rings. The Morgan fingerprint density at radius 3 is 2.66 bits per heavy atom. The van der Waals surface area contributed by atoms with Gasteiger partial charge in [-0.15, -0.1) is 0 Å². The van der Waals surface area contributed by atoms with Gasteiger partial charge in [-0.05, 0) is 42.8 Å². The van der Waals surface area contributed by atoms with Gasteiger partial charge in [0.25, 0.3) is 0 Å². The van der Waals surface area contributed by atoms with E-state index >= 15 is 0 Å². The molecule has 160 valence electrons. The van der Waals surface area contributed by atoms with Gasteiger partial charge >= 0.3 is 5.69 Å². The Bertz CT molecular complexity index is 1590. The Hall–Kier alpha value is -4.11. The SMILES string of the molecule is Cc1nc(F)ccc1-n1c(=O)n(C)c2cnc3ccc(-c4cnc(N)c(CO)c4)cc3c21. The Balaban J connectivity index is 1.85. The number of aliphatic hydroxyl groups excluding tert-OH is 1. The fraction of sp³-hybridized carbons (Fsp3) is 0.130. The lowest BCUT2D eigenvalue weighted by Crippen LogP contribution is -2.21. The van der Waals surface area contributed by atoms with Crippen molar-refractivity contribution in [3.63, 3.8) is 0 Å². The summed E-state index contributed by atoms with van der Waals surface area (Å²) in [6, 6.07) is 10.2. The largest absolute Gasteiger partial charge is 0.392 e. The highest BCUT2D eigenvalue weighted by Crippen LogP contribution is 2.30. The molecule has 0 saturated carbocycles. The van der Waals surface area contributed by atoms with E-state index in [-0.39, 0.29) is 18.1 Å². The van der Waals surface area contributed by atoms with E-state index in [2.05, 4.69) is 15.0 Å². The van der Waals surface area contributed by atoms with Crippen molar-refractivity contribution in [2.24, 2.45) is 7.05 Å². The van der Waals surface area contributed by atoms with E-state index in [1.54, 1.807) is 38.5 Å². The van der Waals surface area contributed by atoms with Crippen LogP contribution in [0.4, 0.5) is 10.2 Å². The molecule has 1 aromatic carbocycles. The summed E-state index contributed by atoms with van der Waals surface area (Å²) in [5.74, 6) is -0.332. The molecular formula is C23H19FN6O2. The molecule has 0 aliphatic rings. The van der Waals surface area contributed by atoms with Crippen LogP contribution in [0.25, 0.3) is 38.8 Å². The average molecular weight is 430 g/mol. The van der Waals surface area contributed by atoms with Gasteiger partial charge in [-0.3, -0.25) is 14.1 Å². The van der Waals surface area contributed by atoms with Crippen LogP contribution in [0.15, 0.2) is 53.6 Å². The Morgan fingerprint density at radius 1 is 1.09 bits per heavy atom. The number of nitrogens with zero attached hydrogens (tertiary/aromatic N) is 5. The van der Waals surface area contributed by atoms with E-state index in [1.807, 2.05) is 18.2 Å². The maximum atomic E-state index is 13.6. The first-order valence-electron chi connectivity index (χ1n) is 9.88. The molecule has 32 heavy (non-hydrogen) atoms. The number of imidazole rings is 1. The summed E-state index contributed by atoms with van der Waals surface area (Å²) in [6.07, 6.45) is 3.28. The lowest BCUT2D eigenvalue weighted by molar-refractivity contribution is 0.282. The summed E-state index contributed by atoms with van der Waals surface area (Å²) in [5, 5.41) is 10.3. The molecule has 0 bridgehead atoms. The summed E-state index contributed by atoms with van der Waals surface area (Å²) in [5.41, 5.74) is 10.5. The highest BCUT2D eigenvalue weighted by molar-refractivity contribution is 6.04. The first-order valence-corrected chi connectivity index (χ1v) is 9.88. The number of pyridine rings is 3. The third-order valence-corrected chi connectivity index (χ3v) is 5.65. The van der Waals surface area contributed by atoms with Crippen molar-refractivity contribution in [3.8, 4) is 16.8 Å². The molecule has 0 saturated heterocycles. The van der Waals surface area contributed by atoms with Gasteiger partial charge in [-0.25, -0.2) is 14.8 Å². The van der Waals surface area contributed by atoms with E-state index in [1.165, 1.54) is 15.2 Å². The van der Waals surface area contributed by atoms with Crippen molar-refractivity contribution in [1.29, 1.82) is 0 Å². The number of anilines is 1. The van der Waals surface area contributed by atoms with E-state index in [4.69, 9.17) is 5.73 Å². The van der Waals surface area contributed by atoms with Crippen molar-refractivity contribution < 1.29 is 9.50 Å². The molecule has 0 spiro atoms. The van der Waals surface area contributed by atoms with Crippen molar-refractivity contribution in [1.82, 2.24) is 24.1 Å². The first kappa shape index (κ1) is 19.8. The number of aliphatic hydroxyl groups is 1. The van der Waals surface area contributed by atoms with Crippen LogP contribution in [0.5, 0.6) is 0 Å². The smallest absolute Gasteiger partial charge is 0.333 e. The summed E-state index contributed by atoms with van der Waals surface area (Å²) < 4.78 is 16.7. The fourth-order valence-corrected chi connectivity index (χ4v) is 3.97. The van der Waals surface area contributed by atoms with Gasteiger partial charge in [0, 0.05) is 29.8 Å². The van der Waals surface area contributed by atoms with Gasteiger partial charge in [0.15, 0.2) is 0 Å². The zero-order chi connectivity index (χ0) is 22.6. The maximum absolute atomic E-state index is 13.6. The van der Waals surface area contributed by atoms with E-state index in [0.29, 0.717) is 33.5 Å². The monoisotopic (exact) mass is 430 g/mol. The van der Waals surface area contributed by atoms with E-state index < -0.39 is 5.95 Å². The number of benzene rings is 1. The zero-order valence-corrected chi connectivity index (χ0v) is 17.4. The molecule has 4 aromatic heterocycles. The minimum atomic E-state index is -0.608. The van der Waals surface area contributed by atoms with Gasteiger partial charge in [0.2, 0.25) is 5.95 Å². The number of halogens is 1. The molecule has 3 N–H and O–H groups in total. The van der Waals surface area contributed by atoms with Crippen molar-refractivity contribution >= 4 is 27.8 Å². The summed E-state index contributed by atoms with van der Waals surface area (Å²) in [6.45, 7) is 1.44. The summed E-state index contributed by atoms with van der Waals surface area (Å²) in [7, 11) is 1.67. The summed E-state index contributed by atoms with van der Waals surface area (Å²) in [4.78, 5) is 25.7. The van der Waals surface area contributed by atoms with Crippen molar-refractivity contribution in [2.45, 2.75) is 13.5 Å². The number of fused-ring (bicyclic) bond motifs is 3. The number of rotatable bonds is 3. The molecule has 0 aliphatic carbocycles.